The summed E-state index contributed by atoms with van der Waals surface area (Å²) < 4.78 is 16.7. The second-order valence-electron chi connectivity index (χ2n) is 16.6. The molecule has 0 aliphatic carbocycles. The molecule has 6 nitrogen and oxygen atoms in total. The quantitative estimate of drug-likeness (QED) is 0.0262. The van der Waals surface area contributed by atoms with Crippen LogP contribution in [0, 0.1) is 0 Å². The molecule has 65 heavy (non-hydrogen) atoms. The Balaban J connectivity index is 4.50. The molecule has 0 fully saturated rings. The van der Waals surface area contributed by atoms with Crippen LogP contribution in [0.5, 0.6) is 0 Å². The van der Waals surface area contributed by atoms with Crippen molar-refractivity contribution in [2.45, 2.75) is 219 Å². The molecule has 6 heteroatoms. The number of hydrogen-bond donors (Lipinski definition) is 0. The molecule has 0 aliphatic rings. The minimum absolute atomic E-state index is 0.113. The average molecular weight is 899 g/mol. The summed E-state index contributed by atoms with van der Waals surface area (Å²) in [6, 6.07) is 0. The Hall–Kier alpha value is -4.19. The van der Waals surface area contributed by atoms with Gasteiger partial charge in [-0.25, -0.2) is 0 Å². The number of rotatable bonds is 45. The third-order valence-electron chi connectivity index (χ3n) is 10.5. The van der Waals surface area contributed by atoms with Gasteiger partial charge in [0.15, 0.2) is 6.10 Å². The van der Waals surface area contributed by atoms with E-state index in [1.54, 1.807) is 0 Å². The first-order chi connectivity index (χ1) is 32.0. The first kappa shape index (κ1) is 60.8. The minimum Gasteiger partial charge on any atom is -0.462 e. The summed E-state index contributed by atoms with van der Waals surface area (Å²) in [6.45, 7) is 6.20. The number of unbranched alkanes of at least 4 members (excludes halogenated alkanes) is 14. The fourth-order valence-corrected chi connectivity index (χ4v) is 6.66. The molecular formula is C59H94O6. The van der Waals surface area contributed by atoms with Crippen LogP contribution in [0.1, 0.15) is 213 Å². The summed E-state index contributed by atoms with van der Waals surface area (Å²) in [5.74, 6) is -1.02. The zero-order valence-corrected chi connectivity index (χ0v) is 41.7. The summed E-state index contributed by atoms with van der Waals surface area (Å²) in [7, 11) is 0. The van der Waals surface area contributed by atoms with Gasteiger partial charge in [0.1, 0.15) is 13.2 Å². The Morgan fingerprint density at radius 1 is 0.308 bits per heavy atom. The maximum absolute atomic E-state index is 12.8. The lowest BCUT2D eigenvalue weighted by atomic mass is 10.1. The molecule has 1 unspecified atom stereocenters. The van der Waals surface area contributed by atoms with Crippen molar-refractivity contribution in [2.75, 3.05) is 13.2 Å². The van der Waals surface area contributed by atoms with Crippen LogP contribution < -0.4 is 0 Å². The minimum atomic E-state index is -0.819. The SMILES string of the molecule is CC/C=C\C/C=C\C/C=C\C/C=C\CCC(=O)OCC(COC(=O)CCCCCCCCC/C=C\C/C=C\C/C=C\CC)OC(=O)CCCCCCCCC/C=C\C/C=C\C/C=C\CC. The Morgan fingerprint density at radius 2 is 0.585 bits per heavy atom. The van der Waals surface area contributed by atoms with Crippen LogP contribution >= 0.6 is 0 Å². The second-order valence-corrected chi connectivity index (χ2v) is 16.6. The van der Waals surface area contributed by atoms with E-state index in [2.05, 4.69) is 130 Å². The lowest BCUT2D eigenvalue weighted by molar-refractivity contribution is -0.166. The molecule has 0 aromatic carbocycles. The van der Waals surface area contributed by atoms with Gasteiger partial charge >= 0.3 is 17.9 Å². The summed E-state index contributed by atoms with van der Waals surface area (Å²) >= 11 is 0. The number of ether oxygens (including phenoxy) is 3. The molecule has 0 spiro atoms. The Morgan fingerprint density at radius 3 is 0.954 bits per heavy atom. The molecule has 0 N–H and O–H groups in total. The third kappa shape index (κ3) is 50.7. The molecular weight excluding hydrogens is 805 g/mol. The van der Waals surface area contributed by atoms with Crippen molar-refractivity contribution in [2.24, 2.45) is 0 Å². The van der Waals surface area contributed by atoms with Crippen molar-refractivity contribution in [3.63, 3.8) is 0 Å². The molecule has 0 aromatic rings. The van der Waals surface area contributed by atoms with Crippen LogP contribution in [-0.2, 0) is 28.6 Å². The van der Waals surface area contributed by atoms with E-state index in [4.69, 9.17) is 14.2 Å². The fraction of sp³-hybridized carbons (Fsp3) is 0.610. The molecule has 0 amide bonds. The summed E-state index contributed by atoms with van der Waals surface area (Å²) in [5.41, 5.74) is 0. The van der Waals surface area contributed by atoms with Crippen LogP contribution in [0.15, 0.2) is 122 Å². The number of carbonyl (C=O) groups is 3. The van der Waals surface area contributed by atoms with Crippen molar-refractivity contribution in [1.29, 1.82) is 0 Å². The average Bonchev–Trinajstić information content (AvgIpc) is 3.30. The van der Waals surface area contributed by atoms with Gasteiger partial charge in [-0.2, -0.15) is 0 Å². The molecule has 0 saturated carbocycles. The zero-order chi connectivity index (χ0) is 47.2. The van der Waals surface area contributed by atoms with Crippen LogP contribution in [0.2, 0.25) is 0 Å². The lowest BCUT2D eigenvalue weighted by Crippen LogP contribution is -2.30. The normalized spacial score (nSPS) is 13.1. The maximum Gasteiger partial charge on any atom is 0.306 e. The van der Waals surface area contributed by atoms with Crippen LogP contribution in [0.25, 0.3) is 0 Å². The van der Waals surface area contributed by atoms with Gasteiger partial charge in [-0.3, -0.25) is 14.4 Å². The fourth-order valence-electron chi connectivity index (χ4n) is 6.66. The standard InChI is InChI=1S/C59H94O6/c1-4-7-10-13-16-19-22-25-27-29-31-34-37-40-43-46-49-52-58(61)64-55-56(54-63-57(60)51-48-45-42-39-36-33-24-21-18-15-12-9-6-3)65-59(62)53-50-47-44-41-38-35-32-30-28-26-23-20-17-14-11-8-5-2/h7-12,16-21,25-28,33,36,42,45,56H,4-6,13-15,22-24,29-32,34-35,37-41,43-44,46-55H2,1-3H3/b10-7-,11-8-,12-9-,19-16-,20-17-,21-18-,27-25-,28-26-,36-33-,45-42-. The first-order valence-electron chi connectivity index (χ1n) is 26.0. The van der Waals surface area contributed by atoms with E-state index in [-0.39, 0.29) is 37.5 Å². The van der Waals surface area contributed by atoms with Crippen molar-refractivity contribution in [1.82, 2.24) is 0 Å². The van der Waals surface area contributed by atoms with E-state index in [0.29, 0.717) is 19.3 Å². The maximum atomic E-state index is 12.8. The van der Waals surface area contributed by atoms with Gasteiger partial charge in [0.05, 0.1) is 0 Å². The predicted molar refractivity (Wildman–Crippen MR) is 279 cm³/mol. The Kier molecular flexibility index (Phi) is 49.1. The predicted octanol–water partition coefficient (Wildman–Crippen LogP) is 17.3. The van der Waals surface area contributed by atoms with Gasteiger partial charge in [-0.05, 0) is 109 Å². The highest BCUT2D eigenvalue weighted by molar-refractivity contribution is 5.71. The van der Waals surface area contributed by atoms with E-state index in [0.717, 1.165) is 122 Å². The van der Waals surface area contributed by atoms with Gasteiger partial charge < -0.3 is 14.2 Å². The van der Waals surface area contributed by atoms with E-state index in [1.165, 1.54) is 44.9 Å². The zero-order valence-electron chi connectivity index (χ0n) is 41.7. The largest absolute Gasteiger partial charge is 0.462 e. The number of carbonyl (C=O) groups excluding carboxylic acids is 3. The van der Waals surface area contributed by atoms with Gasteiger partial charge in [0.25, 0.3) is 0 Å². The highest BCUT2D eigenvalue weighted by atomic mass is 16.6. The van der Waals surface area contributed by atoms with Crippen molar-refractivity contribution in [3.05, 3.63) is 122 Å². The Labute approximate surface area is 399 Å². The first-order valence-corrected chi connectivity index (χ1v) is 26.0. The Bertz CT molecular complexity index is 1400. The van der Waals surface area contributed by atoms with Crippen molar-refractivity contribution in [3.8, 4) is 0 Å². The number of allylic oxidation sites excluding steroid dienone is 20. The topological polar surface area (TPSA) is 78.9 Å². The number of hydrogen-bond acceptors (Lipinski definition) is 6. The van der Waals surface area contributed by atoms with Crippen LogP contribution in [0.4, 0.5) is 0 Å². The van der Waals surface area contributed by atoms with Crippen molar-refractivity contribution < 1.29 is 28.6 Å². The van der Waals surface area contributed by atoms with E-state index < -0.39 is 6.10 Å². The van der Waals surface area contributed by atoms with Gasteiger partial charge in [0.2, 0.25) is 0 Å². The molecule has 0 bridgehead atoms. The summed E-state index contributed by atoms with van der Waals surface area (Å²) in [4.78, 5) is 38.0. The highest BCUT2D eigenvalue weighted by Gasteiger charge is 2.19. The second kappa shape index (κ2) is 52.4. The molecule has 0 aromatic heterocycles. The lowest BCUT2D eigenvalue weighted by Gasteiger charge is -2.18. The van der Waals surface area contributed by atoms with Crippen molar-refractivity contribution >= 4 is 17.9 Å². The molecule has 0 heterocycles. The third-order valence-corrected chi connectivity index (χ3v) is 10.5. The smallest absolute Gasteiger partial charge is 0.306 e. The molecule has 0 radical (unpaired) electrons. The van der Waals surface area contributed by atoms with Crippen LogP contribution in [-0.4, -0.2) is 37.2 Å². The van der Waals surface area contributed by atoms with Gasteiger partial charge in [-0.15, -0.1) is 0 Å². The molecule has 1 atom stereocenters. The van der Waals surface area contributed by atoms with Crippen LogP contribution in [0.3, 0.4) is 0 Å². The van der Waals surface area contributed by atoms with Gasteiger partial charge in [-0.1, -0.05) is 206 Å². The molecule has 0 saturated heterocycles. The summed E-state index contributed by atoms with van der Waals surface area (Å²) in [6.07, 6.45) is 71.9. The monoisotopic (exact) mass is 899 g/mol. The molecule has 0 aliphatic heterocycles. The highest BCUT2D eigenvalue weighted by Crippen LogP contribution is 2.13. The van der Waals surface area contributed by atoms with E-state index in [9.17, 15) is 14.4 Å². The summed E-state index contributed by atoms with van der Waals surface area (Å²) in [5, 5.41) is 0. The van der Waals surface area contributed by atoms with E-state index >= 15 is 0 Å². The molecule has 366 valence electrons. The number of esters is 3. The van der Waals surface area contributed by atoms with E-state index in [1.807, 2.05) is 12.2 Å². The van der Waals surface area contributed by atoms with Gasteiger partial charge in [0, 0.05) is 19.3 Å². The molecule has 0 rings (SSSR count).